The van der Waals surface area contributed by atoms with Gasteiger partial charge in [0.1, 0.15) is 16.4 Å². The van der Waals surface area contributed by atoms with Crippen molar-refractivity contribution in [2.24, 2.45) is 0 Å². The number of aromatic amines is 1. The van der Waals surface area contributed by atoms with Crippen molar-refractivity contribution in [2.75, 3.05) is 5.73 Å². The minimum Gasteiger partial charge on any atom is -0.382 e. The first-order valence-electron chi connectivity index (χ1n) is 2.89. The number of nitrogen functional groups attached to an aromatic ring is 1. The number of anilines is 1. The van der Waals surface area contributed by atoms with Crippen LogP contribution in [-0.4, -0.2) is 20.2 Å². The first-order valence-corrected chi connectivity index (χ1v) is 3.68. The van der Waals surface area contributed by atoms with Gasteiger partial charge in [-0.15, -0.1) is 0 Å². The van der Waals surface area contributed by atoms with E-state index in [1.807, 2.05) is 0 Å². The molecule has 2 heterocycles. The number of hydrogen-bond acceptors (Lipinski definition) is 4. The van der Waals surface area contributed by atoms with Gasteiger partial charge in [0.2, 0.25) is 0 Å². The predicted molar refractivity (Wildman–Crippen MR) is 43.8 cm³/mol. The molecule has 0 aromatic carbocycles. The van der Waals surface area contributed by atoms with E-state index in [2.05, 4.69) is 36.1 Å². The van der Waals surface area contributed by atoms with Crippen LogP contribution in [0.1, 0.15) is 0 Å². The molecule has 0 amide bonds. The number of nitrogens with one attached hydrogen (secondary N) is 1. The molecule has 11 heavy (non-hydrogen) atoms. The molecule has 0 aliphatic heterocycles. The van der Waals surface area contributed by atoms with Crippen LogP contribution in [0.3, 0.4) is 0 Å². The molecule has 2 aromatic heterocycles. The smallest absolute Gasteiger partial charge is 0.155 e. The second kappa shape index (κ2) is 2.16. The molecule has 0 spiro atoms. The molecule has 2 rings (SSSR count). The summed E-state index contributed by atoms with van der Waals surface area (Å²) in [5.41, 5.74) is 6.82. The first-order chi connectivity index (χ1) is 5.29. The van der Waals surface area contributed by atoms with Crippen LogP contribution in [0.2, 0.25) is 0 Å². The third-order valence-corrected chi connectivity index (χ3v) is 1.88. The number of aromatic nitrogens is 4. The maximum atomic E-state index is 5.52. The van der Waals surface area contributed by atoms with Gasteiger partial charge in [-0.2, -0.15) is 5.10 Å². The lowest BCUT2D eigenvalue weighted by Crippen LogP contribution is -1.91. The summed E-state index contributed by atoms with van der Waals surface area (Å²) in [6, 6.07) is 0. The van der Waals surface area contributed by atoms with E-state index in [-0.39, 0.29) is 0 Å². The van der Waals surface area contributed by atoms with Gasteiger partial charge >= 0.3 is 0 Å². The Kier molecular flexibility index (Phi) is 1.28. The molecule has 0 atom stereocenters. The van der Waals surface area contributed by atoms with Gasteiger partial charge in [-0.3, -0.25) is 5.10 Å². The molecule has 3 N–H and O–H groups in total. The van der Waals surface area contributed by atoms with Crippen molar-refractivity contribution < 1.29 is 0 Å². The molecular formula is C5H4BrN5. The zero-order chi connectivity index (χ0) is 7.84. The van der Waals surface area contributed by atoms with Crippen molar-refractivity contribution in [3.63, 3.8) is 0 Å². The largest absolute Gasteiger partial charge is 0.382 e. The highest BCUT2D eigenvalue weighted by Crippen LogP contribution is 2.20. The Bertz CT molecular complexity index is 395. The summed E-state index contributed by atoms with van der Waals surface area (Å²) in [6.07, 6.45) is 1.40. The highest BCUT2D eigenvalue weighted by molar-refractivity contribution is 9.10. The Morgan fingerprint density at radius 3 is 2.91 bits per heavy atom. The average Bonchev–Trinajstić information content (AvgIpc) is 2.35. The molecule has 2 aromatic rings. The maximum Gasteiger partial charge on any atom is 0.155 e. The van der Waals surface area contributed by atoms with Crippen molar-refractivity contribution in [3.8, 4) is 0 Å². The molecule has 0 bridgehead atoms. The summed E-state index contributed by atoms with van der Waals surface area (Å²) in [4.78, 5) is 7.75. The molecular weight excluding hydrogens is 210 g/mol. The zero-order valence-electron chi connectivity index (χ0n) is 5.37. The molecule has 0 aliphatic rings. The van der Waals surface area contributed by atoms with Crippen LogP contribution in [0.4, 0.5) is 5.82 Å². The van der Waals surface area contributed by atoms with Crippen LogP contribution in [0.5, 0.6) is 0 Å². The summed E-state index contributed by atoms with van der Waals surface area (Å²) in [5, 5.41) is 6.60. The summed E-state index contributed by atoms with van der Waals surface area (Å²) >= 11 is 3.24. The quantitative estimate of drug-likeness (QED) is 0.676. The number of H-pyrrole nitrogens is 1. The van der Waals surface area contributed by atoms with Gasteiger partial charge in [0.05, 0.1) is 0 Å². The fourth-order valence-electron chi connectivity index (χ4n) is 0.821. The molecule has 0 saturated heterocycles. The maximum absolute atomic E-state index is 5.52. The number of nitrogens with zero attached hydrogens (tertiary/aromatic N) is 3. The van der Waals surface area contributed by atoms with Crippen LogP contribution in [0, 0.1) is 0 Å². The second-order valence-corrected chi connectivity index (χ2v) is 2.79. The normalized spacial score (nSPS) is 10.6. The van der Waals surface area contributed by atoms with Crippen LogP contribution in [0.15, 0.2) is 10.9 Å². The number of halogens is 1. The van der Waals surface area contributed by atoms with Crippen molar-refractivity contribution >= 4 is 32.8 Å². The van der Waals surface area contributed by atoms with Gasteiger partial charge < -0.3 is 5.73 Å². The van der Waals surface area contributed by atoms with Crippen molar-refractivity contribution in [3.05, 3.63) is 10.9 Å². The van der Waals surface area contributed by atoms with Crippen LogP contribution >= 0.6 is 15.9 Å². The van der Waals surface area contributed by atoms with E-state index in [0.717, 1.165) is 4.60 Å². The number of nitrogens with two attached hydrogens (primary N) is 1. The number of fused-ring (bicyclic) bond motifs is 1. The minimum absolute atomic E-state index is 0.386. The lowest BCUT2D eigenvalue weighted by atomic mass is 10.4. The fourth-order valence-corrected chi connectivity index (χ4v) is 1.20. The zero-order valence-corrected chi connectivity index (χ0v) is 6.96. The third-order valence-electron chi connectivity index (χ3n) is 1.32. The predicted octanol–water partition coefficient (Wildman–Crippen LogP) is 0.698. The van der Waals surface area contributed by atoms with Crippen LogP contribution in [0.25, 0.3) is 11.0 Å². The van der Waals surface area contributed by atoms with Crippen molar-refractivity contribution in [2.45, 2.75) is 0 Å². The fraction of sp³-hybridized carbons (Fsp3) is 0. The second-order valence-electron chi connectivity index (χ2n) is 1.99. The molecule has 0 saturated carbocycles. The monoisotopic (exact) mass is 213 g/mol. The van der Waals surface area contributed by atoms with E-state index in [9.17, 15) is 0 Å². The molecule has 0 unspecified atom stereocenters. The topological polar surface area (TPSA) is 80.5 Å². The first kappa shape index (κ1) is 6.53. The van der Waals surface area contributed by atoms with Crippen LogP contribution in [-0.2, 0) is 0 Å². The highest BCUT2D eigenvalue weighted by atomic mass is 79.9. The number of hydrogen-bond donors (Lipinski definition) is 2. The average molecular weight is 214 g/mol. The van der Waals surface area contributed by atoms with Gasteiger partial charge in [-0.25, -0.2) is 9.97 Å². The Morgan fingerprint density at radius 2 is 2.18 bits per heavy atom. The summed E-state index contributed by atoms with van der Waals surface area (Å²) in [7, 11) is 0. The third kappa shape index (κ3) is 0.864. The van der Waals surface area contributed by atoms with E-state index in [1.54, 1.807) is 0 Å². The van der Waals surface area contributed by atoms with E-state index >= 15 is 0 Å². The minimum atomic E-state index is 0.386. The molecule has 6 heteroatoms. The van der Waals surface area contributed by atoms with E-state index in [1.165, 1.54) is 6.33 Å². The van der Waals surface area contributed by atoms with E-state index in [4.69, 9.17) is 5.73 Å². The lowest BCUT2D eigenvalue weighted by molar-refractivity contribution is 1.09. The molecule has 5 nitrogen and oxygen atoms in total. The molecule has 0 aliphatic carbocycles. The van der Waals surface area contributed by atoms with Gasteiger partial charge in [0.25, 0.3) is 0 Å². The summed E-state index contributed by atoms with van der Waals surface area (Å²) < 4.78 is 0.724. The Balaban J connectivity index is 2.94. The SMILES string of the molecule is Nc1ncnc2c(Br)[nH]nc12. The summed E-state index contributed by atoms with van der Waals surface area (Å²) in [6.45, 7) is 0. The van der Waals surface area contributed by atoms with Gasteiger partial charge in [-0.1, -0.05) is 0 Å². The van der Waals surface area contributed by atoms with Crippen molar-refractivity contribution in [1.82, 2.24) is 20.2 Å². The highest BCUT2D eigenvalue weighted by Gasteiger charge is 2.06. The lowest BCUT2D eigenvalue weighted by Gasteiger charge is -1.89. The summed E-state index contributed by atoms with van der Waals surface area (Å²) in [5.74, 6) is 0.386. The Labute approximate surface area is 70.2 Å². The molecule has 56 valence electrons. The van der Waals surface area contributed by atoms with E-state index in [0.29, 0.717) is 16.9 Å². The molecule has 0 radical (unpaired) electrons. The van der Waals surface area contributed by atoms with Gasteiger partial charge in [0, 0.05) is 0 Å². The van der Waals surface area contributed by atoms with Crippen molar-refractivity contribution in [1.29, 1.82) is 0 Å². The molecule has 0 fully saturated rings. The van der Waals surface area contributed by atoms with Crippen LogP contribution < -0.4 is 5.73 Å². The van der Waals surface area contributed by atoms with Gasteiger partial charge in [0.15, 0.2) is 11.3 Å². The van der Waals surface area contributed by atoms with Gasteiger partial charge in [-0.05, 0) is 15.9 Å². The number of rotatable bonds is 0. The Hall–Kier alpha value is -1.17. The Morgan fingerprint density at radius 1 is 1.36 bits per heavy atom. The van der Waals surface area contributed by atoms with E-state index < -0.39 is 0 Å². The standard InChI is InChI=1S/C5H4BrN5/c6-4-2-3(10-11-4)5(7)9-1-8-2/h1H,(H,10,11)(H2,7,8,9).